The Morgan fingerprint density at radius 3 is 2.36 bits per heavy atom. The number of amides is 1. The zero-order chi connectivity index (χ0) is 8.53. The van der Waals surface area contributed by atoms with Gasteiger partial charge in [-0.25, -0.2) is 0 Å². The third kappa shape index (κ3) is 9.47. The van der Waals surface area contributed by atoms with Gasteiger partial charge in [-0.15, -0.1) is 0 Å². The van der Waals surface area contributed by atoms with Crippen LogP contribution < -0.4 is 5.32 Å². The predicted molar refractivity (Wildman–Crippen MR) is 47.4 cm³/mol. The summed E-state index contributed by atoms with van der Waals surface area (Å²) in [4.78, 5) is 10.4. The summed E-state index contributed by atoms with van der Waals surface area (Å²) in [6.07, 6.45) is 6.27. The zero-order valence-corrected chi connectivity index (χ0v) is 7.65. The van der Waals surface area contributed by atoms with Crippen molar-refractivity contribution >= 4 is 5.91 Å². The van der Waals surface area contributed by atoms with E-state index >= 15 is 0 Å². The van der Waals surface area contributed by atoms with E-state index < -0.39 is 0 Å². The second kappa shape index (κ2) is 7.58. The Balaban J connectivity index is 2.85. The third-order valence-corrected chi connectivity index (χ3v) is 1.65. The van der Waals surface area contributed by atoms with Crippen LogP contribution in [0.3, 0.4) is 0 Å². The van der Waals surface area contributed by atoms with Crippen LogP contribution in [0.15, 0.2) is 0 Å². The van der Waals surface area contributed by atoms with E-state index in [1.807, 2.05) is 0 Å². The average Bonchev–Trinajstić information content (AvgIpc) is 1.96. The van der Waals surface area contributed by atoms with Crippen molar-refractivity contribution < 1.29 is 4.79 Å². The summed E-state index contributed by atoms with van der Waals surface area (Å²) in [7, 11) is 0. The molecule has 0 aromatic heterocycles. The first-order valence-electron chi connectivity index (χ1n) is 4.51. The fourth-order valence-corrected chi connectivity index (χ4v) is 0.993. The molecule has 0 saturated heterocycles. The molecule has 2 heteroatoms. The van der Waals surface area contributed by atoms with Crippen LogP contribution in [0.1, 0.15) is 46.0 Å². The van der Waals surface area contributed by atoms with Gasteiger partial charge in [0.15, 0.2) is 0 Å². The normalized spacial score (nSPS) is 9.64. The quantitative estimate of drug-likeness (QED) is 0.588. The first kappa shape index (κ1) is 10.5. The van der Waals surface area contributed by atoms with Crippen LogP contribution in [0.5, 0.6) is 0 Å². The number of hydrogen-bond donors (Lipinski definition) is 1. The molecule has 0 aromatic rings. The molecule has 0 saturated carbocycles. The molecule has 0 fully saturated rings. The second-order valence-corrected chi connectivity index (χ2v) is 2.90. The van der Waals surface area contributed by atoms with Crippen LogP contribution >= 0.6 is 0 Å². The Morgan fingerprint density at radius 1 is 1.18 bits per heavy atom. The van der Waals surface area contributed by atoms with E-state index in [4.69, 9.17) is 0 Å². The van der Waals surface area contributed by atoms with Gasteiger partial charge >= 0.3 is 0 Å². The number of carbonyl (C=O) groups excluding carboxylic acids is 1. The minimum Gasteiger partial charge on any atom is -0.356 e. The van der Waals surface area contributed by atoms with Crippen molar-refractivity contribution in [2.75, 3.05) is 6.54 Å². The van der Waals surface area contributed by atoms with Crippen molar-refractivity contribution in [1.82, 2.24) is 5.32 Å². The third-order valence-electron chi connectivity index (χ3n) is 1.65. The van der Waals surface area contributed by atoms with Crippen molar-refractivity contribution in [3.8, 4) is 0 Å². The van der Waals surface area contributed by atoms with Crippen LogP contribution in [0, 0.1) is 0 Å². The van der Waals surface area contributed by atoms with Crippen molar-refractivity contribution in [2.24, 2.45) is 0 Å². The molecule has 0 spiro atoms. The summed E-state index contributed by atoms with van der Waals surface area (Å²) in [6.45, 7) is 4.61. The number of carbonyl (C=O) groups is 1. The van der Waals surface area contributed by atoms with E-state index in [1.54, 1.807) is 6.92 Å². The van der Waals surface area contributed by atoms with Crippen LogP contribution in [-0.4, -0.2) is 12.5 Å². The van der Waals surface area contributed by atoms with E-state index in [0.717, 1.165) is 13.0 Å². The van der Waals surface area contributed by atoms with Gasteiger partial charge in [0.05, 0.1) is 0 Å². The molecule has 1 amide bonds. The standard InChI is InChI=1S/C9H19NO/c1-3-4-5-6-7-8-10-9(2)11/h3-8H2,1-2H3,(H,10,11). The summed E-state index contributed by atoms with van der Waals surface area (Å²) >= 11 is 0. The summed E-state index contributed by atoms with van der Waals surface area (Å²) in [6, 6.07) is 0. The van der Waals surface area contributed by atoms with Gasteiger partial charge in [0.2, 0.25) is 5.91 Å². The highest BCUT2D eigenvalue weighted by Crippen LogP contribution is 2.00. The van der Waals surface area contributed by atoms with E-state index in [-0.39, 0.29) is 5.91 Å². The summed E-state index contributed by atoms with van der Waals surface area (Å²) < 4.78 is 0. The minimum absolute atomic E-state index is 0.0838. The smallest absolute Gasteiger partial charge is 0.216 e. The van der Waals surface area contributed by atoms with Gasteiger partial charge < -0.3 is 5.32 Å². The minimum atomic E-state index is 0.0838. The van der Waals surface area contributed by atoms with E-state index in [9.17, 15) is 4.79 Å². The molecule has 0 aromatic carbocycles. The Bertz CT molecular complexity index is 102. The number of rotatable bonds is 6. The molecule has 0 radical (unpaired) electrons. The average molecular weight is 157 g/mol. The van der Waals surface area contributed by atoms with Gasteiger partial charge in [0.25, 0.3) is 0 Å². The van der Waals surface area contributed by atoms with Crippen molar-refractivity contribution in [3.63, 3.8) is 0 Å². The number of hydrogen-bond acceptors (Lipinski definition) is 1. The lowest BCUT2D eigenvalue weighted by molar-refractivity contribution is -0.118. The van der Waals surface area contributed by atoms with Crippen LogP contribution in [0.2, 0.25) is 0 Å². The predicted octanol–water partition coefficient (Wildman–Crippen LogP) is 2.09. The molecule has 0 rings (SSSR count). The molecule has 0 atom stereocenters. The molecule has 0 unspecified atom stereocenters. The molecule has 1 N–H and O–H groups in total. The molecule has 66 valence electrons. The molecule has 0 heterocycles. The maximum atomic E-state index is 10.4. The fourth-order valence-electron chi connectivity index (χ4n) is 0.993. The SMILES string of the molecule is CCCCCCCNC(C)=O. The van der Waals surface area contributed by atoms with E-state index in [2.05, 4.69) is 12.2 Å². The zero-order valence-electron chi connectivity index (χ0n) is 7.65. The summed E-state index contributed by atoms with van der Waals surface area (Å²) in [5, 5.41) is 2.78. The molecule has 2 nitrogen and oxygen atoms in total. The summed E-state index contributed by atoms with van der Waals surface area (Å²) in [5.74, 6) is 0.0838. The first-order valence-corrected chi connectivity index (χ1v) is 4.51. The fraction of sp³-hybridized carbons (Fsp3) is 0.889. The van der Waals surface area contributed by atoms with Gasteiger partial charge in [-0.1, -0.05) is 32.6 Å². The van der Waals surface area contributed by atoms with Gasteiger partial charge in [-0.2, -0.15) is 0 Å². The lowest BCUT2D eigenvalue weighted by Crippen LogP contribution is -2.20. The Labute approximate surface area is 69.4 Å². The molecule has 11 heavy (non-hydrogen) atoms. The lowest BCUT2D eigenvalue weighted by atomic mass is 10.1. The Hall–Kier alpha value is -0.530. The summed E-state index contributed by atoms with van der Waals surface area (Å²) in [5.41, 5.74) is 0. The maximum absolute atomic E-state index is 10.4. The topological polar surface area (TPSA) is 29.1 Å². The molecule has 0 aliphatic rings. The monoisotopic (exact) mass is 157 g/mol. The van der Waals surface area contributed by atoms with Crippen molar-refractivity contribution in [2.45, 2.75) is 46.0 Å². The Morgan fingerprint density at radius 2 is 1.82 bits per heavy atom. The molecular formula is C9H19NO. The highest BCUT2D eigenvalue weighted by Gasteiger charge is 1.90. The number of nitrogens with one attached hydrogen (secondary N) is 1. The number of unbranched alkanes of at least 4 members (excludes halogenated alkanes) is 4. The maximum Gasteiger partial charge on any atom is 0.216 e. The van der Waals surface area contributed by atoms with Gasteiger partial charge in [-0.3, -0.25) is 4.79 Å². The van der Waals surface area contributed by atoms with Gasteiger partial charge in [0.1, 0.15) is 0 Å². The molecule has 0 aliphatic carbocycles. The molecule has 0 bridgehead atoms. The van der Waals surface area contributed by atoms with Gasteiger partial charge in [0, 0.05) is 13.5 Å². The van der Waals surface area contributed by atoms with E-state index in [1.165, 1.54) is 25.7 Å². The first-order chi connectivity index (χ1) is 5.27. The highest BCUT2D eigenvalue weighted by molar-refractivity contribution is 5.72. The van der Waals surface area contributed by atoms with Crippen LogP contribution in [0.4, 0.5) is 0 Å². The lowest BCUT2D eigenvalue weighted by Gasteiger charge is -2.00. The second-order valence-electron chi connectivity index (χ2n) is 2.90. The van der Waals surface area contributed by atoms with Crippen molar-refractivity contribution in [1.29, 1.82) is 0 Å². The molecule has 0 aliphatic heterocycles. The van der Waals surface area contributed by atoms with Crippen LogP contribution in [0.25, 0.3) is 0 Å². The highest BCUT2D eigenvalue weighted by atomic mass is 16.1. The largest absolute Gasteiger partial charge is 0.356 e. The van der Waals surface area contributed by atoms with Crippen molar-refractivity contribution in [3.05, 3.63) is 0 Å². The Kier molecular flexibility index (Phi) is 7.21. The van der Waals surface area contributed by atoms with Gasteiger partial charge in [-0.05, 0) is 6.42 Å². The van der Waals surface area contributed by atoms with E-state index in [0.29, 0.717) is 0 Å². The van der Waals surface area contributed by atoms with Crippen LogP contribution in [-0.2, 0) is 4.79 Å². The molecular weight excluding hydrogens is 138 g/mol.